The monoisotopic (exact) mass is 487 g/mol. The maximum atomic E-state index is 12.9. The van der Waals surface area contributed by atoms with E-state index in [4.69, 9.17) is 4.74 Å². The molecule has 10 heteroatoms. The van der Waals surface area contributed by atoms with Gasteiger partial charge in [-0.15, -0.1) is 0 Å². The molecule has 2 aromatic rings. The Morgan fingerprint density at radius 3 is 2.33 bits per heavy atom. The number of carbonyl (C=O) groups excluding carboxylic acids is 2. The van der Waals surface area contributed by atoms with Crippen LogP contribution in [0.1, 0.15) is 41.5 Å². The Morgan fingerprint density at radius 1 is 1.15 bits per heavy atom. The summed E-state index contributed by atoms with van der Waals surface area (Å²) in [5.74, 6) is -0.885. The predicted molar refractivity (Wildman–Crippen MR) is 108 cm³/mol. The minimum atomic E-state index is -0.738. The Labute approximate surface area is 170 Å². The normalized spacial score (nSPS) is 12.1. The highest BCUT2D eigenvalue weighted by atomic mass is 127. The van der Waals surface area contributed by atoms with Crippen molar-refractivity contribution < 1.29 is 14.3 Å². The van der Waals surface area contributed by atoms with Crippen molar-refractivity contribution in [2.45, 2.75) is 48.3 Å². The highest BCUT2D eigenvalue weighted by molar-refractivity contribution is 14.1. The maximum absolute atomic E-state index is 12.9. The number of hydrogen-bond acceptors (Lipinski definition) is 7. The van der Waals surface area contributed by atoms with E-state index in [0.29, 0.717) is 3.70 Å². The van der Waals surface area contributed by atoms with Gasteiger partial charge in [0.1, 0.15) is 3.70 Å². The number of carbonyl (C=O) groups is 2. The molecule has 0 fully saturated rings. The topological polar surface area (TPSA) is 116 Å². The van der Waals surface area contributed by atoms with Gasteiger partial charge in [0.2, 0.25) is 11.9 Å². The molecule has 146 valence electrons. The number of amides is 1. The molecule has 0 bridgehead atoms. The lowest BCUT2D eigenvalue weighted by Crippen LogP contribution is -2.34. The Bertz CT molecular complexity index is 957. The molecule has 0 atom stereocenters. The number of halogens is 1. The number of hydrogen-bond donors (Lipinski definition) is 1. The van der Waals surface area contributed by atoms with Gasteiger partial charge in [-0.25, -0.2) is 14.5 Å². The fraction of sp³-hybridized carbons (Fsp3) is 0.529. The SMILES string of the molecule is CC(C)(C)C(=O)Nc1nc2ncc(I)nc2c(=O)n1COC(=O)C(C)(C)C. The van der Waals surface area contributed by atoms with Gasteiger partial charge in [-0.05, 0) is 43.4 Å². The molecule has 0 spiro atoms. The first kappa shape index (κ1) is 21.2. The lowest BCUT2D eigenvalue weighted by Gasteiger charge is -2.21. The number of aromatic nitrogens is 4. The fourth-order valence-corrected chi connectivity index (χ4v) is 2.20. The first-order valence-corrected chi connectivity index (χ1v) is 9.30. The summed E-state index contributed by atoms with van der Waals surface area (Å²) in [5, 5.41) is 2.61. The summed E-state index contributed by atoms with van der Waals surface area (Å²) in [5.41, 5.74) is -1.88. The van der Waals surface area contributed by atoms with Crippen molar-refractivity contribution in [3.63, 3.8) is 0 Å². The van der Waals surface area contributed by atoms with Crippen LogP contribution in [0.15, 0.2) is 11.0 Å². The van der Waals surface area contributed by atoms with Crippen LogP contribution in [0.5, 0.6) is 0 Å². The van der Waals surface area contributed by atoms with Crippen molar-refractivity contribution in [1.29, 1.82) is 0 Å². The minimum Gasteiger partial charge on any atom is -0.443 e. The number of nitrogens with zero attached hydrogens (tertiary/aromatic N) is 4. The zero-order valence-electron chi connectivity index (χ0n) is 16.1. The molecule has 0 saturated carbocycles. The van der Waals surface area contributed by atoms with Gasteiger partial charge >= 0.3 is 5.97 Å². The van der Waals surface area contributed by atoms with Crippen molar-refractivity contribution >= 4 is 51.6 Å². The number of ether oxygens (including phenoxy) is 1. The van der Waals surface area contributed by atoms with E-state index in [9.17, 15) is 14.4 Å². The summed E-state index contributed by atoms with van der Waals surface area (Å²) in [6.07, 6.45) is 1.47. The van der Waals surface area contributed by atoms with Gasteiger partial charge in [-0.3, -0.25) is 19.7 Å². The van der Waals surface area contributed by atoms with E-state index in [2.05, 4.69) is 20.3 Å². The van der Waals surface area contributed by atoms with E-state index in [1.807, 2.05) is 22.6 Å². The zero-order valence-corrected chi connectivity index (χ0v) is 18.2. The maximum Gasteiger partial charge on any atom is 0.312 e. The second-order valence-corrected chi connectivity index (χ2v) is 9.15. The Kier molecular flexibility index (Phi) is 5.88. The third kappa shape index (κ3) is 4.99. The molecular formula is C17H22IN5O4. The average molecular weight is 487 g/mol. The molecule has 2 heterocycles. The molecule has 1 amide bonds. The summed E-state index contributed by atoms with van der Waals surface area (Å²) in [4.78, 5) is 49.8. The number of fused-ring (bicyclic) bond motifs is 1. The third-order valence-electron chi connectivity index (χ3n) is 3.48. The summed E-state index contributed by atoms with van der Waals surface area (Å²) in [7, 11) is 0. The van der Waals surface area contributed by atoms with Crippen LogP contribution in [0.4, 0.5) is 5.95 Å². The van der Waals surface area contributed by atoms with Gasteiger partial charge in [0.15, 0.2) is 17.9 Å². The quantitative estimate of drug-likeness (QED) is 0.522. The Hall–Kier alpha value is -2.11. The molecule has 1 N–H and O–H groups in total. The van der Waals surface area contributed by atoms with E-state index >= 15 is 0 Å². The van der Waals surface area contributed by atoms with Gasteiger partial charge in [-0.1, -0.05) is 20.8 Å². The molecule has 9 nitrogen and oxygen atoms in total. The summed E-state index contributed by atoms with van der Waals surface area (Å²) >= 11 is 1.93. The lowest BCUT2D eigenvalue weighted by atomic mass is 9.96. The van der Waals surface area contributed by atoms with Crippen molar-refractivity contribution in [1.82, 2.24) is 19.5 Å². The molecule has 0 saturated heterocycles. The van der Waals surface area contributed by atoms with Gasteiger partial charge in [0.25, 0.3) is 5.56 Å². The van der Waals surface area contributed by atoms with E-state index in [1.54, 1.807) is 41.5 Å². The third-order valence-corrected chi connectivity index (χ3v) is 4.00. The molecular weight excluding hydrogens is 465 g/mol. The van der Waals surface area contributed by atoms with Crippen LogP contribution >= 0.6 is 22.6 Å². The van der Waals surface area contributed by atoms with E-state index in [1.165, 1.54) is 6.20 Å². The Morgan fingerprint density at radius 2 is 1.78 bits per heavy atom. The largest absolute Gasteiger partial charge is 0.443 e. The van der Waals surface area contributed by atoms with E-state index in [0.717, 1.165) is 4.57 Å². The highest BCUT2D eigenvalue weighted by Crippen LogP contribution is 2.18. The average Bonchev–Trinajstić information content (AvgIpc) is 2.53. The first-order chi connectivity index (χ1) is 12.3. The van der Waals surface area contributed by atoms with Crippen LogP contribution in [-0.2, 0) is 21.1 Å². The van der Waals surface area contributed by atoms with Crippen LogP contribution in [-0.4, -0.2) is 31.4 Å². The number of rotatable bonds is 3. The molecule has 0 aromatic carbocycles. The van der Waals surface area contributed by atoms with Crippen LogP contribution in [0, 0.1) is 14.5 Å². The molecule has 0 aliphatic carbocycles. The van der Waals surface area contributed by atoms with Crippen LogP contribution in [0.3, 0.4) is 0 Å². The standard InChI is InChI=1S/C17H22IN5O4/c1-16(2,3)13(25)22-15-21-11-10(20-9(18)7-19-11)12(24)23(15)8-27-14(26)17(4,5)6/h7H,8H2,1-6H3,(H,19,21,22,25). The van der Waals surface area contributed by atoms with Gasteiger partial charge in [0.05, 0.1) is 11.6 Å². The highest BCUT2D eigenvalue weighted by Gasteiger charge is 2.26. The van der Waals surface area contributed by atoms with Crippen molar-refractivity contribution in [3.05, 3.63) is 20.3 Å². The molecule has 0 aliphatic rings. The first-order valence-electron chi connectivity index (χ1n) is 8.22. The van der Waals surface area contributed by atoms with Crippen molar-refractivity contribution in [2.24, 2.45) is 10.8 Å². The summed E-state index contributed by atoms with van der Waals surface area (Å²) in [6, 6.07) is 0. The van der Waals surface area contributed by atoms with Crippen LogP contribution in [0.2, 0.25) is 0 Å². The molecule has 0 radical (unpaired) electrons. The van der Waals surface area contributed by atoms with Gasteiger partial charge in [0, 0.05) is 5.41 Å². The number of nitrogens with one attached hydrogen (secondary N) is 1. The number of anilines is 1. The second kappa shape index (κ2) is 7.49. The van der Waals surface area contributed by atoms with Gasteiger partial charge in [-0.2, -0.15) is 4.98 Å². The predicted octanol–water partition coefficient (Wildman–Crippen LogP) is 2.32. The molecule has 0 unspecified atom stereocenters. The summed E-state index contributed by atoms with van der Waals surface area (Å²) < 4.78 is 6.83. The van der Waals surface area contributed by atoms with Crippen molar-refractivity contribution in [2.75, 3.05) is 5.32 Å². The number of esters is 1. The van der Waals surface area contributed by atoms with Gasteiger partial charge < -0.3 is 4.74 Å². The van der Waals surface area contributed by atoms with Crippen molar-refractivity contribution in [3.8, 4) is 0 Å². The summed E-state index contributed by atoms with van der Waals surface area (Å²) in [6.45, 7) is 9.90. The van der Waals surface area contributed by atoms with Crippen LogP contribution < -0.4 is 10.9 Å². The zero-order chi connectivity index (χ0) is 20.6. The van der Waals surface area contributed by atoms with E-state index in [-0.39, 0.29) is 23.0 Å². The molecule has 2 rings (SSSR count). The smallest absolute Gasteiger partial charge is 0.312 e. The Balaban J connectivity index is 2.54. The van der Waals surface area contributed by atoms with E-state index < -0.39 is 29.1 Å². The fourth-order valence-electron chi connectivity index (χ4n) is 1.82. The lowest BCUT2D eigenvalue weighted by molar-refractivity contribution is -0.157. The second-order valence-electron chi connectivity index (χ2n) is 8.05. The molecule has 2 aromatic heterocycles. The van der Waals surface area contributed by atoms with Crippen LogP contribution in [0.25, 0.3) is 11.2 Å². The minimum absolute atomic E-state index is 0.0301. The molecule has 0 aliphatic heterocycles. The molecule has 27 heavy (non-hydrogen) atoms.